The summed E-state index contributed by atoms with van der Waals surface area (Å²) < 4.78 is 37.7. The number of benzene rings is 2. The lowest BCUT2D eigenvalue weighted by Gasteiger charge is -2.17. The molecule has 0 radical (unpaired) electrons. The van der Waals surface area contributed by atoms with Gasteiger partial charge in [0.2, 0.25) is 0 Å². The van der Waals surface area contributed by atoms with Crippen molar-refractivity contribution in [2.24, 2.45) is 0 Å². The second kappa shape index (κ2) is 8.16. The molecule has 0 fully saturated rings. The van der Waals surface area contributed by atoms with Gasteiger partial charge in [-0.25, -0.2) is 0 Å². The molecule has 0 spiro atoms. The van der Waals surface area contributed by atoms with E-state index in [1.54, 1.807) is 0 Å². The summed E-state index contributed by atoms with van der Waals surface area (Å²) in [6, 6.07) is 14.6. The zero-order valence-electron chi connectivity index (χ0n) is 14.2. The Morgan fingerprint density at radius 1 is 1.08 bits per heavy atom. The first kappa shape index (κ1) is 19.0. The SMILES string of the molecule is C[C@@H](NC(=O)C[NH+](C)Cc1ccc(C(F)(F)F)cc1)c1ccccc1. The van der Waals surface area contributed by atoms with E-state index in [0.717, 1.165) is 28.2 Å². The van der Waals surface area contributed by atoms with Crippen molar-refractivity contribution < 1.29 is 22.9 Å². The molecule has 134 valence electrons. The van der Waals surface area contributed by atoms with Crippen LogP contribution in [0.15, 0.2) is 54.6 Å². The van der Waals surface area contributed by atoms with Crippen LogP contribution in [-0.2, 0) is 17.5 Å². The zero-order valence-corrected chi connectivity index (χ0v) is 14.2. The van der Waals surface area contributed by atoms with Crippen molar-refractivity contribution in [3.05, 3.63) is 71.3 Å². The Labute approximate surface area is 145 Å². The maximum atomic E-state index is 12.6. The van der Waals surface area contributed by atoms with E-state index < -0.39 is 11.7 Å². The molecule has 2 N–H and O–H groups in total. The third-order valence-corrected chi connectivity index (χ3v) is 3.93. The quantitative estimate of drug-likeness (QED) is 0.824. The van der Waals surface area contributed by atoms with Crippen LogP contribution in [-0.4, -0.2) is 19.5 Å². The van der Waals surface area contributed by atoms with Crippen molar-refractivity contribution in [3.63, 3.8) is 0 Å². The van der Waals surface area contributed by atoms with Gasteiger partial charge in [-0.05, 0) is 24.6 Å². The minimum Gasteiger partial charge on any atom is -0.345 e. The molecular formula is C19H22F3N2O+. The molecular weight excluding hydrogens is 329 g/mol. The first-order valence-electron chi connectivity index (χ1n) is 8.07. The van der Waals surface area contributed by atoms with Crippen molar-refractivity contribution in [1.82, 2.24) is 5.32 Å². The number of halogens is 3. The maximum Gasteiger partial charge on any atom is 0.416 e. The molecule has 1 unspecified atom stereocenters. The van der Waals surface area contributed by atoms with Crippen LogP contribution in [0.5, 0.6) is 0 Å². The van der Waals surface area contributed by atoms with Crippen molar-refractivity contribution in [3.8, 4) is 0 Å². The minimum absolute atomic E-state index is 0.0902. The Morgan fingerprint density at radius 2 is 1.68 bits per heavy atom. The normalized spacial score (nSPS) is 14.0. The number of carbonyl (C=O) groups is 1. The molecule has 0 heterocycles. The smallest absolute Gasteiger partial charge is 0.345 e. The summed E-state index contributed by atoms with van der Waals surface area (Å²) in [7, 11) is 1.84. The Morgan fingerprint density at radius 3 is 2.24 bits per heavy atom. The number of nitrogens with one attached hydrogen (secondary N) is 2. The molecule has 0 aromatic heterocycles. The van der Waals surface area contributed by atoms with Gasteiger partial charge in [-0.15, -0.1) is 0 Å². The Kier molecular flexibility index (Phi) is 6.20. The average molecular weight is 351 g/mol. The number of hydrogen-bond donors (Lipinski definition) is 2. The highest BCUT2D eigenvalue weighted by atomic mass is 19.4. The highest BCUT2D eigenvalue weighted by molar-refractivity contribution is 5.77. The van der Waals surface area contributed by atoms with Crippen LogP contribution in [0.1, 0.15) is 29.7 Å². The van der Waals surface area contributed by atoms with Crippen LogP contribution >= 0.6 is 0 Å². The number of carbonyl (C=O) groups excluding carboxylic acids is 1. The molecule has 1 amide bonds. The van der Waals surface area contributed by atoms with Crippen molar-refractivity contribution >= 4 is 5.91 Å². The van der Waals surface area contributed by atoms with Crippen LogP contribution in [0.4, 0.5) is 13.2 Å². The molecule has 0 aliphatic heterocycles. The molecule has 3 nitrogen and oxygen atoms in total. The van der Waals surface area contributed by atoms with Gasteiger partial charge in [-0.2, -0.15) is 13.2 Å². The first-order chi connectivity index (χ1) is 11.8. The summed E-state index contributed by atoms with van der Waals surface area (Å²) >= 11 is 0. The summed E-state index contributed by atoms with van der Waals surface area (Å²) in [6.45, 7) is 2.64. The topological polar surface area (TPSA) is 33.5 Å². The number of rotatable bonds is 6. The van der Waals surface area contributed by atoms with E-state index in [1.165, 1.54) is 12.1 Å². The lowest BCUT2D eigenvalue weighted by Crippen LogP contribution is -3.08. The molecule has 2 rings (SSSR count). The van der Waals surface area contributed by atoms with E-state index in [1.807, 2.05) is 44.3 Å². The zero-order chi connectivity index (χ0) is 18.4. The van der Waals surface area contributed by atoms with Crippen LogP contribution in [0.2, 0.25) is 0 Å². The van der Waals surface area contributed by atoms with Gasteiger partial charge in [0.15, 0.2) is 6.54 Å². The number of quaternary nitrogens is 1. The van der Waals surface area contributed by atoms with Gasteiger partial charge in [0, 0.05) is 5.56 Å². The van der Waals surface area contributed by atoms with E-state index >= 15 is 0 Å². The van der Waals surface area contributed by atoms with E-state index in [-0.39, 0.29) is 18.5 Å². The molecule has 0 aliphatic carbocycles. The minimum atomic E-state index is -4.33. The predicted molar refractivity (Wildman–Crippen MR) is 89.9 cm³/mol. The van der Waals surface area contributed by atoms with Crippen molar-refractivity contribution in [2.75, 3.05) is 13.6 Å². The largest absolute Gasteiger partial charge is 0.416 e. The Balaban J connectivity index is 1.85. The Bertz CT molecular complexity index is 684. The summed E-state index contributed by atoms with van der Waals surface area (Å²) in [5, 5.41) is 2.93. The monoisotopic (exact) mass is 351 g/mol. The lowest BCUT2D eigenvalue weighted by atomic mass is 10.1. The summed E-state index contributed by atoms with van der Waals surface area (Å²) in [5.41, 5.74) is 1.12. The first-order valence-corrected chi connectivity index (χ1v) is 8.07. The van der Waals surface area contributed by atoms with Crippen LogP contribution < -0.4 is 10.2 Å². The summed E-state index contributed by atoms with van der Waals surface area (Å²) in [6.07, 6.45) is -4.33. The third kappa shape index (κ3) is 5.90. The van der Waals surface area contributed by atoms with Gasteiger partial charge >= 0.3 is 6.18 Å². The fourth-order valence-electron chi connectivity index (χ4n) is 2.61. The molecule has 2 aromatic carbocycles. The highest BCUT2D eigenvalue weighted by Gasteiger charge is 2.30. The lowest BCUT2D eigenvalue weighted by molar-refractivity contribution is -0.885. The molecule has 25 heavy (non-hydrogen) atoms. The maximum absolute atomic E-state index is 12.6. The highest BCUT2D eigenvalue weighted by Crippen LogP contribution is 2.28. The number of likely N-dealkylation sites (N-methyl/N-ethyl adjacent to an activating group) is 1. The molecule has 0 saturated heterocycles. The molecule has 0 saturated carbocycles. The summed E-state index contributed by atoms with van der Waals surface area (Å²) in [5.74, 6) is -0.0965. The third-order valence-electron chi connectivity index (χ3n) is 3.93. The fraction of sp³-hybridized carbons (Fsp3) is 0.316. The standard InChI is InChI=1S/C19H21F3N2O/c1-14(16-6-4-3-5-7-16)23-18(25)13-24(2)12-15-8-10-17(11-9-15)19(20,21)22/h3-11,14H,12-13H2,1-2H3,(H,23,25)/p+1/t14-/m1/s1. The number of hydrogen-bond acceptors (Lipinski definition) is 1. The molecule has 0 aliphatic rings. The summed E-state index contributed by atoms with van der Waals surface area (Å²) in [4.78, 5) is 13.0. The second-order valence-corrected chi connectivity index (χ2v) is 6.21. The van der Waals surface area contributed by atoms with Crippen LogP contribution in [0.25, 0.3) is 0 Å². The molecule has 2 atom stereocenters. The fourth-order valence-corrected chi connectivity index (χ4v) is 2.61. The average Bonchev–Trinajstić information content (AvgIpc) is 2.55. The van der Waals surface area contributed by atoms with Gasteiger partial charge in [-0.1, -0.05) is 42.5 Å². The van der Waals surface area contributed by atoms with E-state index in [4.69, 9.17) is 0 Å². The van der Waals surface area contributed by atoms with Gasteiger partial charge in [0.1, 0.15) is 6.54 Å². The van der Waals surface area contributed by atoms with Crippen molar-refractivity contribution in [2.45, 2.75) is 25.7 Å². The van der Waals surface area contributed by atoms with E-state index in [0.29, 0.717) is 6.54 Å². The number of amides is 1. The van der Waals surface area contributed by atoms with Crippen LogP contribution in [0, 0.1) is 0 Å². The molecule has 0 bridgehead atoms. The number of alkyl halides is 3. The Hall–Kier alpha value is -2.34. The predicted octanol–water partition coefficient (Wildman–Crippen LogP) is 2.60. The van der Waals surface area contributed by atoms with Gasteiger partial charge in [0.05, 0.1) is 18.7 Å². The van der Waals surface area contributed by atoms with Crippen molar-refractivity contribution in [1.29, 1.82) is 0 Å². The molecule has 2 aromatic rings. The van der Waals surface area contributed by atoms with Crippen LogP contribution in [0.3, 0.4) is 0 Å². The van der Waals surface area contributed by atoms with Gasteiger partial charge in [0.25, 0.3) is 5.91 Å². The van der Waals surface area contributed by atoms with Gasteiger partial charge < -0.3 is 10.2 Å². The van der Waals surface area contributed by atoms with E-state index in [2.05, 4.69) is 5.32 Å². The van der Waals surface area contributed by atoms with Gasteiger partial charge in [-0.3, -0.25) is 4.79 Å². The molecule has 6 heteroatoms. The van der Waals surface area contributed by atoms with E-state index in [9.17, 15) is 18.0 Å². The second-order valence-electron chi connectivity index (χ2n) is 6.21.